The lowest BCUT2D eigenvalue weighted by Gasteiger charge is -2.27. The number of alkyl halides is 3. The van der Waals surface area contributed by atoms with Gasteiger partial charge in [0.2, 0.25) is 0 Å². The van der Waals surface area contributed by atoms with Crippen LogP contribution in [0.15, 0.2) is 42.5 Å². The van der Waals surface area contributed by atoms with E-state index in [0.717, 1.165) is 25.0 Å². The van der Waals surface area contributed by atoms with Crippen LogP contribution in [0.1, 0.15) is 48.9 Å². The summed E-state index contributed by atoms with van der Waals surface area (Å²) >= 11 is 0. The number of aryl methyl sites for hydroxylation is 2. The average Bonchev–Trinajstić information content (AvgIpc) is 3.16. The van der Waals surface area contributed by atoms with Crippen LogP contribution in [0, 0.1) is 12.3 Å². The van der Waals surface area contributed by atoms with Crippen molar-refractivity contribution >= 4 is 5.78 Å². The second-order valence-corrected chi connectivity index (χ2v) is 7.98. The van der Waals surface area contributed by atoms with Crippen LogP contribution in [-0.4, -0.2) is 32.2 Å². The molecule has 0 aliphatic carbocycles. The minimum Gasteiger partial charge on any atom is -0.294 e. The third kappa shape index (κ3) is 4.42. The number of hydrogen-bond donors (Lipinski definition) is 0. The summed E-state index contributed by atoms with van der Waals surface area (Å²) in [5, 5.41) is 11.6. The molecule has 0 fully saturated rings. The van der Waals surface area contributed by atoms with Gasteiger partial charge in [-0.25, -0.2) is 0 Å². The Morgan fingerprint density at radius 3 is 2.30 bits per heavy atom. The van der Waals surface area contributed by atoms with E-state index < -0.39 is 23.8 Å². The van der Waals surface area contributed by atoms with Crippen LogP contribution in [0.3, 0.4) is 0 Å². The maximum absolute atomic E-state index is 13.3. The Kier molecular flexibility index (Phi) is 5.78. The van der Waals surface area contributed by atoms with Crippen LogP contribution in [-0.2, 0) is 6.42 Å². The predicted molar refractivity (Wildman–Crippen MR) is 107 cm³/mol. The summed E-state index contributed by atoms with van der Waals surface area (Å²) in [6.45, 7) is 5.92. The zero-order valence-corrected chi connectivity index (χ0v) is 17.3. The molecule has 158 valence electrons. The third-order valence-electron chi connectivity index (χ3n) is 5.09. The highest BCUT2D eigenvalue weighted by atomic mass is 19.4. The molecule has 30 heavy (non-hydrogen) atoms. The fraction of sp³-hybridized carbons (Fsp3) is 0.364. The first-order valence-corrected chi connectivity index (χ1v) is 9.61. The van der Waals surface area contributed by atoms with E-state index in [1.54, 1.807) is 12.1 Å². The van der Waals surface area contributed by atoms with Gasteiger partial charge in [-0.15, -0.1) is 5.10 Å². The molecule has 1 heterocycles. The molecule has 0 aliphatic heterocycles. The smallest absolute Gasteiger partial charge is 0.294 e. The van der Waals surface area contributed by atoms with Crippen LogP contribution in [0.25, 0.3) is 16.8 Å². The van der Waals surface area contributed by atoms with Crippen molar-refractivity contribution < 1.29 is 18.0 Å². The number of benzene rings is 2. The van der Waals surface area contributed by atoms with Crippen LogP contribution in [0.5, 0.6) is 0 Å². The Bertz CT molecular complexity index is 1050. The third-order valence-corrected chi connectivity index (χ3v) is 5.09. The minimum absolute atomic E-state index is 0.193. The first-order valence-electron chi connectivity index (χ1n) is 9.61. The molecule has 0 unspecified atom stereocenters. The summed E-state index contributed by atoms with van der Waals surface area (Å²) < 4.78 is 41.4. The lowest BCUT2D eigenvalue weighted by molar-refractivity contribution is -0.209. The first-order chi connectivity index (χ1) is 14.0. The normalized spacial score (nSPS) is 12.2. The first kappa shape index (κ1) is 21.7. The molecule has 0 N–H and O–H groups in total. The molecular formula is C22H23F3N4O. The van der Waals surface area contributed by atoms with Crippen molar-refractivity contribution in [2.24, 2.45) is 5.41 Å². The van der Waals surface area contributed by atoms with Crippen molar-refractivity contribution in [1.82, 2.24) is 20.2 Å². The van der Waals surface area contributed by atoms with Crippen molar-refractivity contribution in [2.45, 2.75) is 46.7 Å². The Morgan fingerprint density at radius 2 is 1.70 bits per heavy atom. The lowest BCUT2D eigenvalue weighted by atomic mass is 9.84. The van der Waals surface area contributed by atoms with Gasteiger partial charge in [0.25, 0.3) is 0 Å². The summed E-state index contributed by atoms with van der Waals surface area (Å²) in [4.78, 5) is 12.9. The molecule has 0 saturated carbocycles. The summed E-state index contributed by atoms with van der Waals surface area (Å²) in [7, 11) is 0. The number of tetrazole rings is 1. The molecule has 5 nitrogen and oxygen atoms in total. The number of aromatic nitrogens is 4. The van der Waals surface area contributed by atoms with Crippen molar-refractivity contribution in [1.29, 1.82) is 0 Å². The molecule has 0 atom stereocenters. The molecule has 0 bridgehead atoms. The minimum atomic E-state index is -4.48. The molecule has 1 aromatic heterocycles. The number of carbonyl (C=O) groups excluding carboxylic acids is 1. The molecule has 3 rings (SSSR count). The molecular weight excluding hydrogens is 393 g/mol. The van der Waals surface area contributed by atoms with Gasteiger partial charge in [0.05, 0.1) is 11.1 Å². The van der Waals surface area contributed by atoms with Gasteiger partial charge in [-0.2, -0.15) is 17.9 Å². The number of ketones is 1. The molecule has 2 aromatic carbocycles. The topological polar surface area (TPSA) is 60.7 Å². The SMILES string of the molecule is CCc1nnnn1-c1cc(C(=O)CC(C)(C)C(F)(F)F)cc(-c2ccc(C)cc2)c1. The molecule has 3 aromatic rings. The van der Waals surface area contributed by atoms with E-state index in [0.29, 0.717) is 23.5 Å². The molecule has 0 aliphatic rings. The summed E-state index contributed by atoms with van der Waals surface area (Å²) in [5.41, 5.74) is 1.22. The van der Waals surface area contributed by atoms with Gasteiger partial charge in [0, 0.05) is 18.4 Å². The number of rotatable bonds is 6. The van der Waals surface area contributed by atoms with Crippen molar-refractivity contribution in [2.75, 3.05) is 0 Å². The van der Waals surface area contributed by atoms with E-state index in [1.807, 2.05) is 44.2 Å². The Labute approximate surface area is 172 Å². The molecule has 8 heteroatoms. The van der Waals surface area contributed by atoms with Crippen LogP contribution >= 0.6 is 0 Å². The number of halogens is 3. The van der Waals surface area contributed by atoms with Gasteiger partial charge in [-0.05, 0) is 46.7 Å². The van der Waals surface area contributed by atoms with Crippen molar-refractivity contribution in [3.05, 3.63) is 59.4 Å². The van der Waals surface area contributed by atoms with Crippen molar-refractivity contribution in [3.63, 3.8) is 0 Å². The van der Waals surface area contributed by atoms with Crippen LogP contribution in [0.4, 0.5) is 13.2 Å². The molecule has 0 spiro atoms. The number of hydrogen-bond acceptors (Lipinski definition) is 4. The maximum atomic E-state index is 13.3. The van der Waals surface area contributed by atoms with E-state index in [1.165, 1.54) is 4.68 Å². The van der Waals surface area contributed by atoms with E-state index in [-0.39, 0.29) is 5.56 Å². The highest BCUT2D eigenvalue weighted by Crippen LogP contribution is 2.41. The monoisotopic (exact) mass is 416 g/mol. The largest absolute Gasteiger partial charge is 0.394 e. The van der Waals surface area contributed by atoms with Gasteiger partial charge in [0.15, 0.2) is 11.6 Å². The van der Waals surface area contributed by atoms with Crippen LogP contribution < -0.4 is 0 Å². The zero-order chi connectivity index (χ0) is 22.1. The highest BCUT2D eigenvalue weighted by Gasteiger charge is 2.48. The highest BCUT2D eigenvalue weighted by molar-refractivity contribution is 5.98. The van der Waals surface area contributed by atoms with Gasteiger partial charge in [0.1, 0.15) is 0 Å². The number of Topliss-reactive ketones (excluding diaryl/α,β-unsaturated/α-hetero) is 1. The maximum Gasteiger partial charge on any atom is 0.394 e. The summed E-state index contributed by atoms with van der Waals surface area (Å²) in [5.74, 6) is 0.00346. The summed E-state index contributed by atoms with van der Waals surface area (Å²) in [6, 6.07) is 12.7. The van der Waals surface area contributed by atoms with Gasteiger partial charge < -0.3 is 0 Å². The van der Waals surface area contributed by atoms with E-state index in [4.69, 9.17) is 0 Å². The standard InChI is InChI=1S/C22H23F3N4O/c1-5-20-26-27-28-29(20)18-11-16(15-8-6-14(2)7-9-15)10-17(12-18)19(30)13-21(3,4)22(23,24)25/h6-12H,5,13H2,1-4H3. The quantitative estimate of drug-likeness (QED) is 0.508. The summed E-state index contributed by atoms with van der Waals surface area (Å²) in [6.07, 6.45) is -4.57. The van der Waals surface area contributed by atoms with E-state index in [9.17, 15) is 18.0 Å². The second kappa shape index (κ2) is 8.01. The molecule has 0 saturated heterocycles. The van der Waals surface area contributed by atoms with E-state index >= 15 is 0 Å². The fourth-order valence-electron chi connectivity index (χ4n) is 3.04. The molecule has 0 radical (unpaired) electrons. The lowest BCUT2D eigenvalue weighted by Crippen LogP contribution is -2.34. The predicted octanol–water partition coefficient (Wildman–Crippen LogP) is 5.36. The fourth-order valence-corrected chi connectivity index (χ4v) is 3.04. The van der Waals surface area contributed by atoms with Crippen LogP contribution in [0.2, 0.25) is 0 Å². The van der Waals surface area contributed by atoms with Crippen molar-refractivity contribution in [3.8, 4) is 16.8 Å². The van der Waals surface area contributed by atoms with Gasteiger partial charge in [-0.3, -0.25) is 4.79 Å². The Morgan fingerprint density at radius 1 is 1.03 bits per heavy atom. The molecule has 0 amide bonds. The number of carbonyl (C=O) groups is 1. The van der Waals surface area contributed by atoms with Gasteiger partial charge in [-0.1, -0.05) is 50.6 Å². The number of nitrogens with zero attached hydrogens (tertiary/aromatic N) is 4. The Balaban J connectivity index is 2.10. The second-order valence-electron chi connectivity index (χ2n) is 7.98. The zero-order valence-electron chi connectivity index (χ0n) is 17.3. The Hall–Kier alpha value is -3.03. The van der Waals surface area contributed by atoms with E-state index in [2.05, 4.69) is 15.5 Å². The average molecular weight is 416 g/mol. The van der Waals surface area contributed by atoms with Gasteiger partial charge >= 0.3 is 6.18 Å².